The Hall–Kier alpha value is -3.21. The van der Waals surface area contributed by atoms with Crippen molar-refractivity contribution in [3.05, 3.63) is 108 Å². The Bertz CT molecular complexity index is 1230. The van der Waals surface area contributed by atoms with Gasteiger partial charge in [0.2, 0.25) is 5.69 Å². The van der Waals surface area contributed by atoms with E-state index < -0.39 is 0 Å². The minimum Gasteiger partial charge on any atom is -0.350 e. The van der Waals surface area contributed by atoms with Gasteiger partial charge in [-0.05, 0) is 51.3 Å². The quantitative estimate of drug-likeness (QED) is 0.168. The number of hydrogen-bond donors (Lipinski definition) is 0. The van der Waals surface area contributed by atoms with E-state index in [1.807, 2.05) is 6.08 Å². The van der Waals surface area contributed by atoms with Crippen LogP contribution < -0.4 is 4.90 Å². The van der Waals surface area contributed by atoms with Crippen molar-refractivity contribution in [2.75, 3.05) is 31.2 Å². The van der Waals surface area contributed by atoms with E-state index in [1.165, 1.54) is 33.9 Å². The number of anilines is 1. The number of allylic oxidation sites excluding steroid dienone is 6. The van der Waals surface area contributed by atoms with Crippen molar-refractivity contribution >= 4 is 17.1 Å². The molecule has 0 bridgehead atoms. The summed E-state index contributed by atoms with van der Waals surface area (Å²) in [6.45, 7) is 16.1. The second-order valence-electron chi connectivity index (χ2n) is 10.4. The fourth-order valence-electron chi connectivity index (χ4n) is 5.47. The number of nitrogens with zero attached hydrogens (tertiary/aromatic N) is 2. The van der Waals surface area contributed by atoms with Gasteiger partial charge in [0.25, 0.3) is 0 Å². The molecule has 0 atom stereocenters. The first kappa shape index (κ1) is 27.8. The number of rotatable bonds is 12. The van der Waals surface area contributed by atoms with E-state index in [9.17, 15) is 0 Å². The van der Waals surface area contributed by atoms with Crippen molar-refractivity contribution in [3.8, 4) is 0 Å². The minimum atomic E-state index is -0.106. The second kappa shape index (κ2) is 13.0. The van der Waals surface area contributed by atoms with Crippen LogP contribution >= 0.6 is 0 Å². The molecule has 1 fully saturated rings. The van der Waals surface area contributed by atoms with Gasteiger partial charge in [0.15, 0.2) is 18.5 Å². The molecule has 0 N–H and O–H groups in total. The summed E-state index contributed by atoms with van der Waals surface area (Å²) in [6.07, 6.45) is 15.6. The highest BCUT2D eigenvalue weighted by atomic mass is 16.7. The number of para-hydroxylation sites is 2. The van der Waals surface area contributed by atoms with Crippen LogP contribution in [0.1, 0.15) is 51.7 Å². The van der Waals surface area contributed by atoms with Crippen molar-refractivity contribution in [1.29, 1.82) is 0 Å². The van der Waals surface area contributed by atoms with Gasteiger partial charge in [-0.1, -0.05) is 67.6 Å². The Morgan fingerprint density at radius 3 is 2.55 bits per heavy atom. The first-order valence-electron chi connectivity index (χ1n) is 13.9. The molecule has 0 amide bonds. The molecule has 0 aliphatic carbocycles. The molecular weight excluding hydrogens is 468 g/mol. The maximum atomic E-state index is 5.71. The molecule has 4 nitrogen and oxygen atoms in total. The van der Waals surface area contributed by atoms with Gasteiger partial charge < -0.3 is 14.4 Å². The third-order valence-corrected chi connectivity index (χ3v) is 7.54. The number of hydrogen-bond acceptors (Lipinski definition) is 3. The van der Waals surface area contributed by atoms with Crippen molar-refractivity contribution in [3.63, 3.8) is 0 Å². The topological polar surface area (TPSA) is 24.7 Å². The maximum absolute atomic E-state index is 5.71. The summed E-state index contributed by atoms with van der Waals surface area (Å²) in [5.74, 6) is 0. The smallest absolute Gasteiger partial charge is 0.209 e. The summed E-state index contributed by atoms with van der Waals surface area (Å²) < 4.78 is 13.9. The molecule has 2 aliphatic rings. The van der Waals surface area contributed by atoms with Crippen LogP contribution in [0.25, 0.3) is 0 Å². The van der Waals surface area contributed by atoms with Crippen LogP contribution in [0.2, 0.25) is 0 Å². The largest absolute Gasteiger partial charge is 0.350 e. The Morgan fingerprint density at radius 2 is 1.79 bits per heavy atom. The number of aryl methyl sites for hydroxylation is 1. The Labute approximate surface area is 229 Å². The average molecular weight is 512 g/mol. The molecule has 1 saturated heterocycles. The Kier molecular flexibility index (Phi) is 9.54. The molecule has 0 radical (unpaired) electrons. The van der Waals surface area contributed by atoms with Crippen LogP contribution in [0, 0.1) is 0 Å². The lowest BCUT2D eigenvalue weighted by Crippen LogP contribution is -2.28. The van der Waals surface area contributed by atoms with Gasteiger partial charge in [0.1, 0.15) is 0 Å². The molecule has 0 saturated carbocycles. The third-order valence-electron chi connectivity index (χ3n) is 7.54. The lowest BCUT2D eigenvalue weighted by molar-refractivity contribution is -0.442. The third kappa shape index (κ3) is 6.25. The predicted octanol–water partition coefficient (Wildman–Crippen LogP) is 7.49. The van der Waals surface area contributed by atoms with Crippen LogP contribution in [-0.4, -0.2) is 42.9 Å². The summed E-state index contributed by atoms with van der Waals surface area (Å²) in [5, 5.41) is 0. The lowest BCUT2D eigenvalue weighted by atomic mass is 9.81. The Morgan fingerprint density at radius 1 is 1.05 bits per heavy atom. The molecule has 2 aromatic carbocycles. The molecule has 2 aromatic rings. The van der Waals surface area contributed by atoms with E-state index in [0.29, 0.717) is 13.2 Å². The molecule has 4 heteroatoms. The van der Waals surface area contributed by atoms with Crippen molar-refractivity contribution in [2.45, 2.75) is 58.7 Å². The fraction of sp³-hybridized carbons (Fsp3) is 0.382. The first-order chi connectivity index (χ1) is 18.5. The van der Waals surface area contributed by atoms with E-state index in [-0.39, 0.29) is 11.7 Å². The number of benzene rings is 2. The van der Waals surface area contributed by atoms with E-state index in [2.05, 4.69) is 123 Å². The first-order valence-corrected chi connectivity index (χ1v) is 13.9. The van der Waals surface area contributed by atoms with E-state index >= 15 is 0 Å². The van der Waals surface area contributed by atoms with Crippen LogP contribution in [-0.2, 0) is 21.3 Å². The van der Waals surface area contributed by atoms with Crippen LogP contribution in [0.5, 0.6) is 0 Å². The van der Waals surface area contributed by atoms with Crippen molar-refractivity contribution in [2.24, 2.45) is 0 Å². The number of fused-ring (bicyclic) bond motifs is 1. The van der Waals surface area contributed by atoms with Gasteiger partial charge in [0.05, 0.1) is 25.0 Å². The summed E-state index contributed by atoms with van der Waals surface area (Å²) in [6, 6.07) is 17.4. The number of ether oxygens (including phenoxy) is 2. The van der Waals surface area contributed by atoms with Gasteiger partial charge in [0, 0.05) is 35.6 Å². The van der Waals surface area contributed by atoms with E-state index in [1.54, 1.807) is 0 Å². The van der Waals surface area contributed by atoms with Crippen molar-refractivity contribution < 1.29 is 14.0 Å². The monoisotopic (exact) mass is 511 g/mol. The van der Waals surface area contributed by atoms with E-state index in [0.717, 1.165) is 32.4 Å². The van der Waals surface area contributed by atoms with Gasteiger partial charge in [-0.2, -0.15) is 4.58 Å². The summed E-state index contributed by atoms with van der Waals surface area (Å²) in [4.78, 5) is 2.40. The normalized spacial score (nSPS) is 17.6. The fourth-order valence-corrected chi connectivity index (χ4v) is 5.47. The van der Waals surface area contributed by atoms with Gasteiger partial charge >= 0.3 is 0 Å². The van der Waals surface area contributed by atoms with Gasteiger partial charge in [-0.3, -0.25) is 0 Å². The molecule has 38 heavy (non-hydrogen) atoms. The highest BCUT2D eigenvalue weighted by Crippen LogP contribution is 2.40. The maximum Gasteiger partial charge on any atom is 0.209 e. The van der Waals surface area contributed by atoms with Gasteiger partial charge in [-0.15, -0.1) is 6.58 Å². The molecule has 0 unspecified atom stereocenters. The average Bonchev–Trinajstić information content (AvgIpc) is 3.52. The highest BCUT2D eigenvalue weighted by Gasteiger charge is 2.44. The molecule has 0 aromatic heterocycles. The minimum absolute atomic E-state index is 0.0740. The Balaban J connectivity index is 1.54. The van der Waals surface area contributed by atoms with Crippen LogP contribution in [0.3, 0.4) is 0 Å². The second-order valence-corrected chi connectivity index (χ2v) is 10.4. The zero-order chi connectivity index (χ0) is 27.0. The summed E-state index contributed by atoms with van der Waals surface area (Å²) in [7, 11) is 0. The van der Waals surface area contributed by atoms with Crippen LogP contribution in [0.15, 0.2) is 97.3 Å². The molecule has 200 valence electrons. The summed E-state index contributed by atoms with van der Waals surface area (Å²) >= 11 is 0. The standard InChI is InChI=1S/C34H43N2O2/c1-6-8-23-35(30-19-14-12-17-28(30)7-2)27(3)16-10-9-11-21-32-34(4,5)29-18-13-15-20-31(29)36(32)24-22-33-37-25-26-38-33/h6,9-21,33H,1,7-8,22-26H2,2-5H3/q+1. The molecule has 2 heterocycles. The van der Waals surface area contributed by atoms with Crippen molar-refractivity contribution in [1.82, 2.24) is 0 Å². The predicted molar refractivity (Wildman–Crippen MR) is 160 cm³/mol. The van der Waals surface area contributed by atoms with Gasteiger partial charge in [-0.25, -0.2) is 0 Å². The van der Waals surface area contributed by atoms with E-state index in [4.69, 9.17) is 9.47 Å². The zero-order valence-electron chi connectivity index (χ0n) is 23.5. The lowest BCUT2D eigenvalue weighted by Gasteiger charge is -2.27. The van der Waals surface area contributed by atoms with Crippen LogP contribution in [0.4, 0.5) is 11.4 Å². The molecular formula is C34H43N2O2+. The SMILES string of the molecule is C=CCCN(/C(C)=C/C=C/C=C/C1=[N+](CCC2OCCO2)c2ccccc2C1(C)C)c1ccccc1CC. The highest BCUT2D eigenvalue weighted by molar-refractivity contribution is 6.03. The molecule has 2 aliphatic heterocycles. The molecule has 0 spiro atoms. The summed E-state index contributed by atoms with van der Waals surface area (Å²) in [5.41, 5.74) is 7.73. The zero-order valence-corrected chi connectivity index (χ0v) is 23.5. The molecule has 4 rings (SSSR count).